The van der Waals surface area contributed by atoms with Gasteiger partial charge in [-0.1, -0.05) is 25.1 Å². The van der Waals surface area contributed by atoms with Gasteiger partial charge < -0.3 is 9.84 Å². The van der Waals surface area contributed by atoms with Gasteiger partial charge in [-0.05, 0) is 12.5 Å². The largest absolute Gasteiger partial charge is 0.484 e. The van der Waals surface area contributed by atoms with E-state index in [9.17, 15) is 5.11 Å². The van der Waals surface area contributed by atoms with Gasteiger partial charge in [-0.25, -0.2) is 0 Å². The summed E-state index contributed by atoms with van der Waals surface area (Å²) in [6.07, 6.45) is 1.04. The van der Waals surface area contributed by atoms with Gasteiger partial charge in [-0.3, -0.25) is 0 Å². The van der Waals surface area contributed by atoms with Crippen LogP contribution in [-0.4, -0.2) is 10.7 Å². The fraction of sp³-hybridized carbons (Fsp3) is 0.462. The summed E-state index contributed by atoms with van der Waals surface area (Å²) >= 11 is 0. The highest BCUT2D eigenvalue weighted by Crippen LogP contribution is 2.46. The maximum atomic E-state index is 10.3. The van der Waals surface area contributed by atoms with Gasteiger partial charge in [0.2, 0.25) is 0 Å². The zero-order valence-electron chi connectivity index (χ0n) is 9.31. The van der Waals surface area contributed by atoms with Crippen molar-refractivity contribution in [3.63, 3.8) is 0 Å². The fourth-order valence-electron chi connectivity index (χ4n) is 2.26. The molecule has 84 valence electrons. The monoisotopic (exact) mass is 217 g/mol. The van der Waals surface area contributed by atoms with Gasteiger partial charge >= 0.3 is 0 Å². The average Bonchev–Trinajstić information content (AvgIpc) is 2.61. The Balaban J connectivity index is 2.30. The molecule has 2 rings (SSSR count). The molecule has 16 heavy (non-hydrogen) atoms. The quantitative estimate of drug-likeness (QED) is 0.846. The number of hydrogen-bond acceptors (Lipinski definition) is 3. The van der Waals surface area contributed by atoms with E-state index in [1.165, 1.54) is 0 Å². The molecule has 2 unspecified atom stereocenters. The zero-order chi connectivity index (χ0) is 11.6. The van der Waals surface area contributed by atoms with Crippen LogP contribution in [0, 0.1) is 11.3 Å². The summed E-state index contributed by atoms with van der Waals surface area (Å²) in [5.74, 6) is 0.745. The average molecular weight is 217 g/mol. The molecule has 3 heteroatoms. The fourth-order valence-corrected chi connectivity index (χ4v) is 2.26. The lowest BCUT2D eigenvalue weighted by molar-refractivity contribution is -0.0361. The van der Waals surface area contributed by atoms with Gasteiger partial charge in [0.25, 0.3) is 0 Å². The van der Waals surface area contributed by atoms with Crippen LogP contribution in [0.1, 0.15) is 37.9 Å². The first-order chi connectivity index (χ1) is 7.73. The second-order valence-electron chi connectivity index (χ2n) is 4.12. The Kier molecular flexibility index (Phi) is 2.84. The Morgan fingerprint density at radius 3 is 2.88 bits per heavy atom. The van der Waals surface area contributed by atoms with Gasteiger partial charge in [0.05, 0.1) is 6.07 Å². The summed E-state index contributed by atoms with van der Waals surface area (Å²) in [7, 11) is 0. The third-order valence-corrected chi connectivity index (χ3v) is 3.28. The minimum absolute atomic E-state index is 0.402. The Labute approximate surface area is 95.3 Å². The highest BCUT2D eigenvalue weighted by atomic mass is 16.5. The summed E-state index contributed by atoms with van der Waals surface area (Å²) in [5, 5.41) is 18.9. The normalized spacial score (nSPS) is 26.9. The summed E-state index contributed by atoms with van der Waals surface area (Å²) < 4.78 is 5.86. The number of ether oxygens (including phenoxy) is 1. The number of fused-ring (bicyclic) bond motifs is 1. The predicted octanol–water partition coefficient (Wildman–Crippen LogP) is 2.56. The number of para-hydroxylation sites is 1. The molecular weight excluding hydrogens is 202 g/mol. The molecule has 1 aliphatic rings. The summed E-state index contributed by atoms with van der Waals surface area (Å²) in [6, 6.07) is 9.63. The molecule has 0 bridgehead atoms. The molecule has 1 heterocycles. The van der Waals surface area contributed by atoms with Crippen molar-refractivity contribution < 1.29 is 9.84 Å². The Bertz CT molecular complexity index is 424. The van der Waals surface area contributed by atoms with Crippen molar-refractivity contribution >= 4 is 0 Å². The molecule has 2 atom stereocenters. The number of rotatable bonds is 3. The second-order valence-corrected chi connectivity index (χ2v) is 4.12. The van der Waals surface area contributed by atoms with E-state index in [1.807, 2.05) is 31.2 Å². The van der Waals surface area contributed by atoms with E-state index < -0.39 is 11.7 Å². The lowest BCUT2D eigenvalue weighted by atomic mass is 9.87. The Hall–Kier alpha value is -1.53. The van der Waals surface area contributed by atoms with Crippen LogP contribution >= 0.6 is 0 Å². The molecule has 1 N–H and O–H groups in total. The molecule has 0 radical (unpaired) electrons. The smallest absolute Gasteiger partial charge is 0.140 e. The number of benzene rings is 1. The van der Waals surface area contributed by atoms with Crippen molar-refractivity contribution in [2.75, 3.05) is 0 Å². The molecule has 0 saturated carbocycles. The predicted molar refractivity (Wildman–Crippen MR) is 59.9 cm³/mol. The number of aliphatic hydroxyl groups is 1. The molecule has 0 fully saturated rings. The minimum atomic E-state index is -0.623. The lowest BCUT2D eigenvalue weighted by Gasteiger charge is -2.30. The highest BCUT2D eigenvalue weighted by Gasteiger charge is 2.45. The van der Waals surface area contributed by atoms with E-state index in [0.717, 1.165) is 11.3 Å². The third-order valence-electron chi connectivity index (χ3n) is 3.28. The van der Waals surface area contributed by atoms with Crippen molar-refractivity contribution in [3.8, 4) is 11.8 Å². The van der Waals surface area contributed by atoms with E-state index in [2.05, 4.69) is 6.07 Å². The van der Waals surface area contributed by atoms with Crippen LogP contribution in [0.2, 0.25) is 0 Å². The van der Waals surface area contributed by atoms with Crippen LogP contribution < -0.4 is 4.74 Å². The number of nitriles is 1. The van der Waals surface area contributed by atoms with Crippen molar-refractivity contribution in [1.29, 1.82) is 5.26 Å². The van der Waals surface area contributed by atoms with E-state index in [4.69, 9.17) is 10.00 Å². The van der Waals surface area contributed by atoms with E-state index in [0.29, 0.717) is 19.3 Å². The second kappa shape index (κ2) is 4.15. The van der Waals surface area contributed by atoms with Crippen molar-refractivity contribution in [1.82, 2.24) is 0 Å². The zero-order valence-corrected chi connectivity index (χ0v) is 9.31. The first kappa shape index (κ1) is 11.0. The maximum absolute atomic E-state index is 10.3. The van der Waals surface area contributed by atoms with Crippen LogP contribution in [0.3, 0.4) is 0 Å². The molecular formula is C13H15NO2. The van der Waals surface area contributed by atoms with Crippen molar-refractivity contribution in [2.45, 2.75) is 37.9 Å². The maximum Gasteiger partial charge on any atom is 0.140 e. The molecule has 0 saturated heterocycles. The van der Waals surface area contributed by atoms with Crippen LogP contribution in [0.5, 0.6) is 5.75 Å². The van der Waals surface area contributed by atoms with Gasteiger partial charge in [0.1, 0.15) is 17.5 Å². The molecule has 3 nitrogen and oxygen atoms in total. The lowest BCUT2D eigenvalue weighted by Crippen LogP contribution is -2.37. The van der Waals surface area contributed by atoms with E-state index in [1.54, 1.807) is 0 Å². The first-order valence-corrected chi connectivity index (χ1v) is 5.56. The summed E-state index contributed by atoms with van der Waals surface area (Å²) in [6.45, 7) is 1.98. The number of aliphatic hydroxyl groups excluding tert-OH is 1. The van der Waals surface area contributed by atoms with Crippen LogP contribution in [-0.2, 0) is 0 Å². The Morgan fingerprint density at radius 1 is 1.50 bits per heavy atom. The molecule has 1 aromatic carbocycles. The molecule has 1 aromatic rings. The highest BCUT2D eigenvalue weighted by molar-refractivity contribution is 5.41. The van der Waals surface area contributed by atoms with Gasteiger partial charge in [-0.15, -0.1) is 0 Å². The molecule has 1 aliphatic heterocycles. The molecule has 0 aliphatic carbocycles. The molecule has 0 amide bonds. The van der Waals surface area contributed by atoms with Crippen LogP contribution in [0.15, 0.2) is 24.3 Å². The van der Waals surface area contributed by atoms with Gasteiger partial charge in [0, 0.05) is 18.4 Å². The SMILES string of the molecule is CCC1(CCC#N)Oc2ccccc2C1O. The van der Waals surface area contributed by atoms with E-state index >= 15 is 0 Å². The summed E-state index contributed by atoms with van der Waals surface area (Å²) in [5.41, 5.74) is 0.224. The molecule has 0 aromatic heterocycles. The third kappa shape index (κ3) is 1.56. The minimum Gasteiger partial charge on any atom is -0.484 e. The molecule has 0 spiro atoms. The topological polar surface area (TPSA) is 53.2 Å². The summed E-state index contributed by atoms with van der Waals surface area (Å²) in [4.78, 5) is 0. The Morgan fingerprint density at radius 2 is 2.25 bits per heavy atom. The van der Waals surface area contributed by atoms with Gasteiger partial charge in [0.15, 0.2) is 0 Å². The van der Waals surface area contributed by atoms with Crippen LogP contribution in [0.25, 0.3) is 0 Å². The number of nitrogens with zero attached hydrogens (tertiary/aromatic N) is 1. The van der Waals surface area contributed by atoms with Gasteiger partial charge in [-0.2, -0.15) is 5.26 Å². The van der Waals surface area contributed by atoms with Crippen molar-refractivity contribution in [3.05, 3.63) is 29.8 Å². The number of hydrogen-bond donors (Lipinski definition) is 1. The van der Waals surface area contributed by atoms with Crippen LogP contribution in [0.4, 0.5) is 0 Å². The van der Waals surface area contributed by atoms with Crippen molar-refractivity contribution in [2.24, 2.45) is 0 Å². The first-order valence-electron chi connectivity index (χ1n) is 5.56. The standard InChI is InChI=1S/C13H15NO2/c1-2-13(8-5-9-14)12(15)10-6-3-4-7-11(10)16-13/h3-4,6-7,12,15H,2,5,8H2,1H3. The van der Waals surface area contributed by atoms with E-state index in [-0.39, 0.29) is 0 Å².